The van der Waals surface area contributed by atoms with E-state index in [0.29, 0.717) is 12.8 Å². The van der Waals surface area contributed by atoms with Gasteiger partial charge >= 0.3 is 0 Å². The second-order valence-electron chi connectivity index (χ2n) is 7.44. The van der Waals surface area contributed by atoms with Crippen molar-refractivity contribution in [1.29, 1.82) is 0 Å². The lowest BCUT2D eigenvalue weighted by Gasteiger charge is -2.35. The Labute approximate surface area is 146 Å². The summed E-state index contributed by atoms with van der Waals surface area (Å²) in [4.78, 5) is 22.9. The first kappa shape index (κ1) is 17.7. The SMILES string of the molecule is CC1(C)C2CCC1(CS(=O)(=O)/N=C/c1ccccc1[N+](=O)[O-])C(=O)C2. The van der Waals surface area contributed by atoms with Crippen LogP contribution in [0.15, 0.2) is 28.7 Å². The number of nitro benzene ring substituents is 1. The van der Waals surface area contributed by atoms with Gasteiger partial charge in [-0.05, 0) is 30.2 Å². The minimum atomic E-state index is -3.93. The summed E-state index contributed by atoms with van der Waals surface area (Å²) in [5.74, 6) is -0.118. The molecule has 1 aromatic rings. The molecule has 2 saturated carbocycles. The fourth-order valence-electron chi connectivity index (χ4n) is 4.36. The number of rotatable bonds is 5. The molecular weight excluding hydrogens is 344 g/mol. The molecule has 0 radical (unpaired) electrons. The molecule has 2 aliphatic rings. The number of nitrogens with zero attached hydrogens (tertiary/aromatic N) is 2. The van der Waals surface area contributed by atoms with Gasteiger partial charge in [-0.1, -0.05) is 26.0 Å². The lowest BCUT2D eigenvalue weighted by atomic mass is 9.70. The summed E-state index contributed by atoms with van der Waals surface area (Å²) in [6, 6.07) is 5.80. The van der Waals surface area contributed by atoms with Gasteiger partial charge in [-0.3, -0.25) is 14.9 Å². The van der Waals surface area contributed by atoms with Gasteiger partial charge in [-0.15, -0.1) is 0 Å². The number of hydrogen-bond donors (Lipinski definition) is 0. The molecule has 7 nitrogen and oxygen atoms in total. The maximum Gasteiger partial charge on any atom is 0.278 e. The van der Waals surface area contributed by atoms with Crippen LogP contribution in [0.3, 0.4) is 0 Å². The summed E-state index contributed by atoms with van der Waals surface area (Å²) in [5, 5.41) is 11.0. The lowest BCUT2D eigenvalue weighted by Crippen LogP contribution is -2.41. The van der Waals surface area contributed by atoms with Crippen molar-refractivity contribution in [3.05, 3.63) is 39.9 Å². The quantitative estimate of drug-likeness (QED) is 0.453. The number of sulfonamides is 1. The number of carbonyl (C=O) groups excluding carboxylic acids is 1. The zero-order chi connectivity index (χ0) is 18.5. The third kappa shape index (κ3) is 2.78. The molecule has 25 heavy (non-hydrogen) atoms. The third-order valence-electron chi connectivity index (χ3n) is 6.05. The van der Waals surface area contributed by atoms with E-state index >= 15 is 0 Å². The Morgan fingerprint density at radius 1 is 1.36 bits per heavy atom. The first-order valence-corrected chi connectivity index (χ1v) is 9.75. The minimum Gasteiger partial charge on any atom is -0.299 e. The Kier molecular flexibility index (Phi) is 4.06. The monoisotopic (exact) mass is 364 g/mol. The highest BCUT2D eigenvalue weighted by molar-refractivity contribution is 7.90. The first-order chi connectivity index (χ1) is 11.6. The van der Waals surface area contributed by atoms with E-state index in [1.54, 1.807) is 6.07 Å². The lowest BCUT2D eigenvalue weighted by molar-refractivity contribution is -0.385. The summed E-state index contributed by atoms with van der Waals surface area (Å²) >= 11 is 0. The maximum atomic E-state index is 12.5. The number of nitro groups is 1. The molecule has 0 N–H and O–H groups in total. The van der Waals surface area contributed by atoms with Gasteiger partial charge in [0.1, 0.15) is 5.78 Å². The van der Waals surface area contributed by atoms with E-state index in [4.69, 9.17) is 0 Å². The van der Waals surface area contributed by atoms with Gasteiger partial charge in [0.25, 0.3) is 15.7 Å². The number of fused-ring (bicyclic) bond motifs is 2. The van der Waals surface area contributed by atoms with Crippen LogP contribution in [0.2, 0.25) is 0 Å². The zero-order valence-electron chi connectivity index (χ0n) is 14.1. The summed E-state index contributed by atoms with van der Waals surface area (Å²) in [7, 11) is -3.93. The van der Waals surface area contributed by atoms with E-state index < -0.39 is 20.4 Å². The van der Waals surface area contributed by atoms with Crippen LogP contribution >= 0.6 is 0 Å². The summed E-state index contributed by atoms with van der Waals surface area (Å²) in [6.07, 6.45) is 2.84. The molecule has 0 spiro atoms. The highest BCUT2D eigenvalue weighted by Gasteiger charge is 2.65. The molecule has 8 heteroatoms. The standard InChI is InChI=1S/C17H20N2O5S/c1-16(2)13-7-8-17(16,15(20)9-13)11-25(23,24)18-10-12-5-3-4-6-14(12)19(21)22/h3-6,10,13H,7-9,11H2,1-2H3/b18-10+. The Balaban J connectivity index is 1.89. The van der Waals surface area contributed by atoms with Crippen molar-refractivity contribution in [2.24, 2.45) is 21.1 Å². The van der Waals surface area contributed by atoms with Crippen LogP contribution in [0.25, 0.3) is 0 Å². The van der Waals surface area contributed by atoms with Crippen molar-refractivity contribution in [2.75, 3.05) is 5.75 Å². The van der Waals surface area contributed by atoms with E-state index in [9.17, 15) is 23.3 Å². The van der Waals surface area contributed by atoms with Gasteiger partial charge in [0.15, 0.2) is 0 Å². The van der Waals surface area contributed by atoms with E-state index in [-0.39, 0.29) is 34.1 Å². The first-order valence-electron chi connectivity index (χ1n) is 8.14. The fraction of sp³-hybridized carbons (Fsp3) is 0.529. The van der Waals surface area contributed by atoms with Crippen molar-refractivity contribution < 1.29 is 18.1 Å². The normalized spacial score (nSPS) is 27.9. The molecule has 2 aliphatic carbocycles. The molecule has 0 heterocycles. The topological polar surface area (TPSA) is 107 Å². The number of benzene rings is 1. The molecule has 134 valence electrons. The van der Waals surface area contributed by atoms with Crippen LogP contribution in [0, 0.1) is 26.9 Å². The minimum absolute atomic E-state index is 0.00165. The molecule has 2 bridgehead atoms. The summed E-state index contributed by atoms with van der Waals surface area (Å²) < 4.78 is 28.7. The molecule has 3 rings (SSSR count). The zero-order valence-corrected chi connectivity index (χ0v) is 15.0. The van der Waals surface area contributed by atoms with E-state index in [1.807, 2.05) is 13.8 Å². The summed E-state index contributed by atoms with van der Waals surface area (Å²) in [5.41, 5.74) is -1.35. The largest absolute Gasteiger partial charge is 0.299 e. The Morgan fingerprint density at radius 2 is 2.04 bits per heavy atom. The number of hydrogen-bond acceptors (Lipinski definition) is 5. The second-order valence-corrected chi connectivity index (χ2v) is 9.11. The Bertz CT molecular complexity index is 875. The van der Waals surface area contributed by atoms with Crippen LogP contribution in [-0.2, 0) is 14.8 Å². The van der Waals surface area contributed by atoms with Gasteiger partial charge in [-0.25, -0.2) is 8.42 Å². The van der Waals surface area contributed by atoms with Gasteiger partial charge in [-0.2, -0.15) is 4.40 Å². The number of para-hydroxylation sites is 1. The van der Waals surface area contributed by atoms with Gasteiger partial charge in [0, 0.05) is 12.5 Å². The molecular formula is C17H20N2O5S. The number of carbonyl (C=O) groups is 1. The Morgan fingerprint density at radius 3 is 2.60 bits per heavy atom. The van der Waals surface area contributed by atoms with Crippen molar-refractivity contribution in [1.82, 2.24) is 0 Å². The summed E-state index contributed by atoms with van der Waals surface area (Å²) in [6.45, 7) is 3.91. The molecule has 0 amide bonds. The van der Waals surface area contributed by atoms with E-state index in [0.717, 1.165) is 12.6 Å². The van der Waals surface area contributed by atoms with Crippen molar-refractivity contribution in [2.45, 2.75) is 33.1 Å². The highest BCUT2D eigenvalue weighted by atomic mass is 32.2. The van der Waals surface area contributed by atoms with E-state index in [2.05, 4.69) is 4.40 Å². The smallest absolute Gasteiger partial charge is 0.278 e. The molecule has 0 aromatic heterocycles. The average molecular weight is 364 g/mol. The van der Waals surface area contributed by atoms with Gasteiger partial charge in [0.2, 0.25) is 0 Å². The van der Waals surface area contributed by atoms with Crippen LogP contribution in [0.4, 0.5) is 5.69 Å². The average Bonchev–Trinajstić information content (AvgIpc) is 2.87. The van der Waals surface area contributed by atoms with Crippen LogP contribution in [0.5, 0.6) is 0 Å². The van der Waals surface area contributed by atoms with Crippen LogP contribution < -0.4 is 0 Å². The molecule has 0 aliphatic heterocycles. The molecule has 2 fully saturated rings. The number of ketones is 1. The Hall–Kier alpha value is -2.09. The molecule has 2 unspecified atom stereocenters. The van der Waals surface area contributed by atoms with Crippen LogP contribution in [0.1, 0.15) is 38.7 Å². The van der Waals surface area contributed by atoms with E-state index in [1.165, 1.54) is 18.2 Å². The molecule has 2 atom stereocenters. The molecule has 1 aromatic carbocycles. The maximum absolute atomic E-state index is 12.5. The van der Waals surface area contributed by atoms with Gasteiger partial charge in [0.05, 0.1) is 27.9 Å². The van der Waals surface area contributed by atoms with Crippen LogP contribution in [-0.4, -0.2) is 31.1 Å². The van der Waals surface area contributed by atoms with Crippen molar-refractivity contribution in [3.63, 3.8) is 0 Å². The molecule has 0 saturated heterocycles. The highest BCUT2D eigenvalue weighted by Crippen LogP contribution is 2.64. The second kappa shape index (κ2) is 5.72. The number of Topliss-reactive ketones (excluding diaryl/α,β-unsaturated/α-hetero) is 1. The third-order valence-corrected chi connectivity index (χ3v) is 7.34. The van der Waals surface area contributed by atoms with Crippen molar-refractivity contribution >= 4 is 27.7 Å². The van der Waals surface area contributed by atoms with Crippen molar-refractivity contribution in [3.8, 4) is 0 Å². The predicted octanol–water partition coefficient (Wildman–Crippen LogP) is 2.74. The predicted molar refractivity (Wildman–Crippen MR) is 93.0 cm³/mol. The van der Waals surface area contributed by atoms with Gasteiger partial charge < -0.3 is 0 Å². The fourth-order valence-corrected chi connectivity index (χ4v) is 6.01.